The minimum atomic E-state index is -3.34. The average Bonchev–Trinajstić information content (AvgIpc) is 3.29. The summed E-state index contributed by atoms with van der Waals surface area (Å²) in [5.74, 6) is -7.53. The molecule has 0 bridgehead atoms. The molecule has 0 spiro atoms. The van der Waals surface area contributed by atoms with Crippen LogP contribution in [-0.2, 0) is 4.79 Å². The van der Waals surface area contributed by atoms with Crippen molar-refractivity contribution in [2.45, 2.75) is 24.7 Å². The molecule has 176 valence electrons. The highest BCUT2D eigenvalue weighted by Crippen LogP contribution is 2.65. The number of nitrogens with zero attached hydrogens (tertiary/aromatic N) is 2. The van der Waals surface area contributed by atoms with Gasteiger partial charge in [-0.3, -0.25) is 9.69 Å². The maximum Gasteiger partial charge on any atom is 0.268 e. The second kappa shape index (κ2) is 8.93. The van der Waals surface area contributed by atoms with Gasteiger partial charge in [-0.05, 0) is 43.1 Å². The zero-order valence-electron chi connectivity index (χ0n) is 18.9. The lowest BCUT2D eigenvalue weighted by Crippen LogP contribution is -2.46. The molecule has 2 heterocycles. The van der Waals surface area contributed by atoms with Crippen LogP contribution in [0.5, 0.6) is 5.75 Å². The summed E-state index contributed by atoms with van der Waals surface area (Å²) < 4.78 is 41.6. The van der Waals surface area contributed by atoms with Gasteiger partial charge in [0.05, 0.1) is 28.3 Å². The molecule has 1 N–H and O–H groups in total. The van der Waals surface area contributed by atoms with Crippen molar-refractivity contribution < 1.29 is 19.7 Å². The molecule has 0 radical (unpaired) electrons. The monoisotopic (exact) mass is 496 g/mol. The Morgan fingerprint density at radius 3 is 2.73 bits per heavy atom. The molecule has 2 atom stereocenters. The van der Waals surface area contributed by atoms with E-state index in [1.54, 1.807) is 18.2 Å². The average molecular weight is 497 g/mol. The topological polar surface area (TPSA) is 44.8 Å². The van der Waals surface area contributed by atoms with Crippen molar-refractivity contribution in [1.82, 2.24) is 4.90 Å². The number of ether oxygens (including phenoxy) is 1. The number of fused-ring (bicyclic) bond motifs is 3. The van der Waals surface area contributed by atoms with E-state index in [1.165, 1.54) is 6.07 Å². The van der Waals surface area contributed by atoms with E-state index in [4.69, 9.17) is 29.3 Å². The number of carbonyl (C=O) groups is 1. The number of halogens is 4. The highest BCUT2D eigenvalue weighted by Gasteiger charge is 2.74. The van der Waals surface area contributed by atoms with Crippen LogP contribution in [0.25, 0.3) is 0 Å². The van der Waals surface area contributed by atoms with E-state index in [-0.39, 0.29) is 0 Å². The summed E-state index contributed by atoms with van der Waals surface area (Å²) in [7, 11) is 0. The fourth-order valence-electron chi connectivity index (χ4n) is 4.66. The molecule has 0 aromatic heterocycles. The summed E-state index contributed by atoms with van der Waals surface area (Å²) in [6, 6.07) is 10.4. The first-order chi connectivity index (χ1) is 16.2. The second-order valence-electron chi connectivity index (χ2n) is 8.63. The number of hydrogen-bond donors (Lipinski definition) is 1. The quantitative estimate of drug-likeness (QED) is 0.530. The molecule has 5 rings (SSSR count). The molecular formula is C24H25Cl2F2N3O2. The molecule has 2 fully saturated rings. The molecule has 3 aliphatic rings. The van der Waals surface area contributed by atoms with Crippen LogP contribution in [0.1, 0.15) is 25.7 Å². The summed E-state index contributed by atoms with van der Waals surface area (Å²) in [5.41, 5.74) is 1.58. The lowest BCUT2D eigenvalue weighted by Gasteiger charge is -2.36. The number of anilines is 2. The zero-order valence-corrected chi connectivity index (χ0v) is 19.4. The molecule has 1 saturated carbocycles. The second-order valence-corrected chi connectivity index (χ2v) is 9.42. The van der Waals surface area contributed by atoms with Crippen molar-refractivity contribution in [3.8, 4) is 5.75 Å². The van der Waals surface area contributed by atoms with E-state index in [9.17, 15) is 13.6 Å². The molecule has 1 aliphatic carbocycles. The molecule has 2 aromatic rings. The Labute approximate surface area is 203 Å². The Morgan fingerprint density at radius 2 is 1.94 bits per heavy atom. The summed E-state index contributed by atoms with van der Waals surface area (Å²) in [6.45, 7) is 5.11. The third-order valence-electron chi connectivity index (χ3n) is 6.54. The van der Waals surface area contributed by atoms with E-state index in [1.807, 2.05) is 12.1 Å². The number of carbonyl (C=O) groups excluding carboxylic acids is 1. The lowest BCUT2D eigenvalue weighted by molar-refractivity contribution is -0.119. The number of amides is 1. The van der Waals surface area contributed by atoms with Gasteiger partial charge in [-0.2, -0.15) is 0 Å². The Balaban J connectivity index is 1.05. The smallest absolute Gasteiger partial charge is 0.268 e. The van der Waals surface area contributed by atoms with Gasteiger partial charge in [-0.15, -0.1) is 0 Å². The van der Waals surface area contributed by atoms with Crippen molar-refractivity contribution in [1.29, 1.82) is 0 Å². The number of rotatable bonds is 7. The van der Waals surface area contributed by atoms with Gasteiger partial charge in [0, 0.05) is 39.3 Å². The van der Waals surface area contributed by atoms with Crippen molar-refractivity contribution in [3.63, 3.8) is 0 Å². The van der Waals surface area contributed by atoms with Crippen LogP contribution in [0, 0.1) is 5.89 Å². The van der Waals surface area contributed by atoms with Crippen LogP contribution in [-0.4, -0.2) is 56.1 Å². The van der Waals surface area contributed by atoms with E-state index in [2.05, 4.69) is 15.1 Å². The van der Waals surface area contributed by atoms with Gasteiger partial charge in [-0.1, -0.05) is 35.3 Å². The van der Waals surface area contributed by atoms with E-state index < -0.39 is 23.6 Å². The van der Waals surface area contributed by atoms with E-state index in [0.717, 1.165) is 51.3 Å². The predicted molar refractivity (Wildman–Crippen MR) is 126 cm³/mol. The largest absolute Gasteiger partial charge is 0.494 e. The standard InChI is InChI=1S/C24H25Cl2F2N3O2/c25-17-4-3-5-19(22(17)26)31-11-9-30(10-12-31)8-1-2-13-33-15-6-7-16-18(14-15)29-23(32)21-20(16)24(21,27)28/h3-7,14,20-21H,1-2,8-13H2,(H,29,32)/i21D. The molecule has 2 aromatic carbocycles. The number of unbranched alkanes of at least 4 members (excludes halogenated alkanes) is 1. The van der Waals surface area contributed by atoms with Crippen LogP contribution >= 0.6 is 23.2 Å². The first-order valence-electron chi connectivity index (χ1n) is 11.6. The first kappa shape index (κ1) is 21.4. The van der Waals surface area contributed by atoms with Crippen LogP contribution in [0.15, 0.2) is 36.4 Å². The lowest BCUT2D eigenvalue weighted by atomic mass is 10.0. The fourth-order valence-corrected chi connectivity index (χ4v) is 5.08. The van der Waals surface area contributed by atoms with Crippen molar-refractivity contribution in [2.24, 2.45) is 5.89 Å². The Hall–Kier alpha value is -2.09. The molecule has 2 aliphatic heterocycles. The Kier molecular flexibility index (Phi) is 5.80. The molecule has 2 unspecified atom stereocenters. The normalized spacial score (nSPS) is 26.2. The molecule has 5 nitrogen and oxygen atoms in total. The molecular weight excluding hydrogens is 471 g/mol. The molecule has 33 heavy (non-hydrogen) atoms. The maximum absolute atomic E-state index is 14.0. The number of alkyl halides is 2. The summed E-state index contributed by atoms with van der Waals surface area (Å²) >= 11 is 12.5. The summed E-state index contributed by atoms with van der Waals surface area (Å²) in [6.07, 6.45) is 1.82. The number of hydrogen-bond acceptors (Lipinski definition) is 4. The zero-order chi connectivity index (χ0) is 24.1. The first-order valence-corrected chi connectivity index (χ1v) is 11.9. The minimum Gasteiger partial charge on any atom is -0.494 e. The predicted octanol–water partition coefficient (Wildman–Crippen LogP) is 5.28. The third kappa shape index (κ3) is 4.38. The minimum absolute atomic E-state index is 0.296. The number of piperazine rings is 1. The molecule has 1 amide bonds. The Bertz CT molecular complexity index is 1110. The molecule has 9 heteroatoms. The number of nitrogens with one attached hydrogen (secondary N) is 1. The maximum atomic E-state index is 14.0. The van der Waals surface area contributed by atoms with Crippen molar-refractivity contribution in [2.75, 3.05) is 49.5 Å². The third-order valence-corrected chi connectivity index (χ3v) is 7.35. The summed E-state index contributed by atoms with van der Waals surface area (Å²) in [4.78, 5) is 16.7. The summed E-state index contributed by atoms with van der Waals surface area (Å²) in [5, 5.41) is 3.61. The van der Waals surface area contributed by atoms with Gasteiger partial charge in [0.2, 0.25) is 5.91 Å². The van der Waals surface area contributed by atoms with Crippen LogP contribution in [0.2, 0.25) is 10.0 Å². The van der Waals surface area contributed by atoms with E-state index >= 15 is 0 Å². The van der Waals surface area contributed by atoms with Crippen LogP contribution in [0.4, 0.5) is 20.2 Å². The van der Waals surface area contributed by atoms with E-state index in [0.29, 0.717) is 33.7 Å². The van der Waals surface area contributed by atoms with Crippen LogP contribution in [0.3, 0.4) is 0 Å². The fraction of sp³-hybridized carbons (Fsp3) is 0.458. The van der Waals surface area contributed by atoms with Gasteiger partial charge in [-0.25, -0.2) is 8.78 Å². The van der Waals surface area contributed by atoms with Gasteiger partial charge >= 0.3 is 0 Å². The van der Waals surface area contributed by atoms with Gasteiger partial charge in [0.1, 0.15) is 11.6 Å². The van der Waals surface area contributed by atoms with Crippen molar-refractivity contribution in [3.05, 3.63) is 52.0 Å². The highest BCUT2D eigenvalue weighted by atomic mass is 35.5. The van der Waals surface area contributed by atoms with Crippen molar-refractivity contribution >= 4 is 40.5 Å². The number of benzene rings is 2. The Morgan fingerprint density at radius 1 is 1.15 bits per heavy atom. The SMILES string of the molecule is [2H]C12C(=O)Nc3cc(OCCCCN4CCN(c5cccc(Cl)c5Cl)CC4)ccc3C1C2(F)F. The van der Waals surface area contributed by atoms with Gasteiger partial charge in [0.15, 0.2) is 0 Å². The van der Waals surface area contributed by atoms with Crippen LogP contribution < -0.4 is 15.0 Å². The van der Waals surface area contributed by atoms with Gasteiger partial charge in [0.25, 0.3) is 5.92 Å². The highest BCUT2D eigenvalue weighted by molar-refractivity contribution is 6.43. The molecule has 1 saturated heterocycles. The van der Waals surface area contributed by atoms with Gasteiger partial charge < -0.3 is 15.0 Å².